The Morgan fingerprint density at radius 2 is 2.24 bits per heavy atom. The second kappa shape index (κ2) is 4.63. The van der Waals surface area contributed by atoms with Gasteiger partial charge in [-0.15, -0.1) is 0 Å². The molecule has 0 radical (unpaired) electrons. The first-order chi connectivity index (χ1) is 8.08. The van der Waals surface area contributed by atoms with E-state index in [1.165, 1.54) is 18.2 Å². The van der Waals surface area contributed by atoms with E-state index in [1.807, 2.05) is 6.92 Å². The number of aromatic hydroxyl groups is 2. The fourth-order valence-electron chi connectivity index (χ4n) is 1.98. The van der Waals surface area contributed by atoms with Crippen molar-refractivity contribution < 1.29 is 15.0 Å². The first kappa shape index (κ1) is 11.7. The van der Waals surface area contributed by atoms with Crippen molar-refractivity contribution in [3.8, 4) is 11.5 Å². The predicted molar refractivity (Wildman–Crippen MR) is 63.1 cm³/mol. The molecule has 5 nitrogen and oxygen atoms in total. The van der Waals surface area contributed by atoms with Crippen LogP contribution >= 0.6 is 0 Å². The van der Waals surface area contributed by atoms with Crippen LogP contribution in [0.3, 0.4) is 0 Å². The largest absolute Gasteiger partial charge is 0.508 e. The molecule has 0 aliphatic carbocycles. The lowest BCUT2D eigenvalue weighted by atomic mass is 10.1. The van der Waals surface area contributed by atoms with Crippen LogP contribution < -0.4 is 5.32 Å². The number of carbonyl (C=O) groups excluding carboxylic acids is 1. The lowest BCUT2D eigenvalue weighted by Gasteiger charge is -2.32. The second-order valence-electron chi connectivity index (χ2n) is 4.31. The molecule has 0 bridgehead atoms. The van der Waals surface area contributed by atoms with Crippen LogP contribution in [0.15, 0.2) is 18.2 Å². The molecule has 17 heavy (non-hydrogen) atoms. The van der Waals surface area contributed by atoms with Crippen LogP contribution in [-0.4, -0.2) is 46.7 Å². The molecule has 1 aliphatic heterocycles. The van der Waals surface area contributed by atoms with Crippen molar-refractivity contribution in [1.29, 1.82) is 0 Å². The van der Waals surface area contributed by atoms with Gasteiger partial charge in [0.25, 0.3) is 5.91 Å². The maximum Gasteiger partial charge on any atom is 0.257 e. The molecule has 1 atom stereocenters. The average molecular weight is 236 g/mol. The van der Waals surface area contributed by atoms with E-state index < -0.39 is 0 Å². The molecule has 1 aromatic carbocycles. The monoisotopic (exact) mass is 236 g/mol. The molecule has 1 fully saturated rings. The van der Waals surface area contributed by atoms with Gasteiger partial charge in [0.15, 0.2) is 0 Å². The van der Waals surface area contributed by atoms with Crippen LogP contribution in [0.1, 0.15) is 17.3 Å². The summed E-state index contributed by atoms with van der Waals surface area (Å²) < 4.78 is 0. The molecule has 92 valence electrons. The van der Waals surface area contributed by atoms with Crippen molar-refractivity contribution in [2.24, 2.45) is 0 Å². The number of carbonyl (C=O) groups is 1. The van der Waals surface area contributed by atoms with Crippen LogP contribution in [0.5, 0.6) is 11.5 Å². The van der Waals surface area contributed by atoms with Gasteiger partial charge in [0.2, 0.25) is 0 Å². The smallest absolute Gasteiger partial charge is 0.257 e. The van der Waals surface area contributed by atoms with Gasteiger partial charge in [0, 0.05) is 25.7 Å². The van der Waals surface area contributed by atoms with Crippen molar-refractivity contribution in [3.05, 3.63) is 23.8 Å². The van der Waals surface area contributed by atoms with Gasteiger partial charge in [-0.05, 0) is 25.1 Å². The highest BCUT2D eigenvalue weighted by atomic mass is 16.3. The second-order valence-corrected chi connectivity index (χ2v) is 4.31. The zero-order valence-corrected chi connectivity index (χ0v) is 9.68. The van der Waals surface area contributed by atoms with Crippen LogP contribution in [0.2, 0.25) is 0 Å². The lowest BCUT2D eigenvalue weighted by Crippen LogP contribution is -2.51. The van der Waals surface area contributed by atoms with Gasteiger partial charge in [0.1, 0.15) is 11.5 Å². The molecule has 1 heterocycles. The van der Waals surface area contributed by atoms with E-state index in [1.54, 1.807) is 4.90 Å². The highest BCUT2D eigenvalue weighted by Gasteiger charge is 2.23. The number of hydrogen-bond acceptors (Lipinski definition) is 4. The lowest BCUT2D eigenvalue weighted by molar-refractivity contribution is 0.0705. The molecule has 0 aromatic heterocycles. The topological polar surface area (TPSA) is 72.8 Å². The number of nitrogens with zero attached hydrogens (tertiary/aromatic N) is 1. The summed E-state index contributed by atoms with van der Waals surface area (Å²) in [7, 11) is 0. The Balaban J connectivity index is 2.21. The van der Waals surface area contributed by atoms with Gasteiger partial charge >= 0.3 is 0 Å². The molecule has 0 unspecified atom stereocenters. The molecule has 1 amide bonds. The first-order valence-electron chi connectivity index (χ1n) is 5.62. The Morgan fingerprint density at radius 3 is 2.94 bits per heavy atom. The summed E-state index contributed by atoms with van der Waals surface area (Å²) >= 11 is 0. The summed E-state index contributed by atoms with van der Waals surface area (Å²) in [5.41, 5.74) is 0.152. The zero-order chi connectivity index (χ0) is 12.4. The maximum absolute atomic E-state index is 12.1. The van der Waals surface area contributed by atoms with E-state index in [2.05, 4.69) is 5.32 Å². The Labute approximate surface area is 99.7 Å². The number of hydrogen-bond donors (Lipinski definition) is 3. The summed E-state index contributed by atoms with van der Waals surface area (Å²) in [6.07, 6.45) is 0. The minimum atomic E-state index is -0.244. The molecular formula is C12H16N2O3. The van der Waals surface area contributed by atoms with Crippen LogP contribution in [0.25, 0.3) is 0 Å². The van der Waals surface area contributed by atoms with Gasteiger partial charge in [-0.3, -0.25) is 4.79 Å². The Hall–Kier alpha value is -1.75. The minimum Gasteiger partial charge on any atom is -0.508 e. The number of amides is 1. The zero-order valence-electron chi connectivity index (χ0n) is 9.68. The van der Waals surface area contributed by atoms with Crippen LogP contribution in [0, 0.1) is 0 Å². The van der Waals surface area contributed by atoms with E-state index in [9.17, 15) is 15.0 Å². The van der Waals surface area contributed by atoms with E-state index in [0.29, 0.717) is 13.1 Å². The number of phenolic OH excluding ortho intramolecular Hbond substituents is 2. The normalized spacial score (nSPS) is 20.3. The van der Waals surface area contributed by atoms with Gasteiger partial charge in [-0.25, -0.2) is 0 Å². The predicted octanol–water partition coefficient (Wildman–Crippen LogP) is 0.532. The molecule has 1 aliphatic rings. The van der Waals surface area contributed by atoms with E-state index in [0.717, 1.165) is 6.54 Å². The summed E-state index contributed by atoms with van der Waals surface area (Å²) in [5.74, 6) is -0.361. The molecule has 0 spiro atoms. The van der Waals surface area contributed by atoms with E-state index in [-0.39, 0.29) is 29.0 Å². The minimum absolute atomic E-state index is 0.0191. The molecular weight excluding hydrogens is 220 g/mol. The highest BCUT2D eigenvalue weighted by Crippen LogP contribution is 2.23. The van der Waals surface area contributed by atoms with Crippen molar-refractivity contribution >= 4 is 5.91 Å². The van der Waals surface area contributed by atoms with E-state index in [4.69, 9.17) is 0 Å². The van der Waals surface area contributed by atoms with E-state index >= 15 is 0 Å². The fourth-order valence-corrected chi connectivity index (χ4v) is 1.98. The highest BCUT2D eigenvalue weighted by molar-refractivity contribution is 5.97. The Kier molecular flexibility index (Phi) is 3.19. The summed E-state index contributed by atoms with van der Waals surface area (Å²) in [6, 6.07) is 4.22. The summed E-state index contributed by atoms with van der Waals surface area (Å²) in [5, 5.41) is 22.2. The van der Waals surface area contributed by atoms with Crippen molar-refractivity contribution in [3.63, 3.8) is 0 Å². The van der Waals surface area contributed by atoms with Crippen molar-refractivity contribution in [2.45, 2.75) is 13.0 Å². The maximum atomic E-state index is 12.1. The number of benzene rings is 1. The molecule has 3 N–H and O–H groups in total. The standard InChI is InChI=1S/C12H16N2O3/c1-8-7-14(5-4-13-8)12(17)10-6-9(15)2-3-11(10)16/h2-3,6,8,13,15-16H,4-5,7H2,1H3/t8-/m1/s1. The quantitative estimate of drug-likeness (QED) is 0.622. The van der Waals surface area contributed by atoms with Gasteiger partial charge in [-0.2, -0.15) is 0 Å². The van der Waals surface area contributed by atoms with Gasteiger partial charge in [-0.1, -0.05) is 0 Å². The molecule has 2 rings (SSSR count). The third-order valence-electron chi connectivity index (χ3n) is 2.87. The van der Waals surface area contributed by atoms with Crippen LogP contribution in [0.4, 0.5) is 0 Å². The number of phenols is 2. The van der Waals surface area contributed by atoms with Gasteiger partial charge < -0.3 is 20.4 Å². The number of nitrogens with one attached hydrogen (secondary N) is 1. The molecule has 1 saturated heterocycles. The third-order valence-corrected chi connectivity index (χ3v) is 2.87. The molecule has 1 aromatic rings. The average Bonchev–Trinajstić information content (AvgIpc) is 2.31. The number of piperazine rings is 1. The Bertz CT molecular complexity index is 434. The molecule has 0 saturated carbocycles. The summed E-state index contributed by atoms with van der Waals surface area (Å²) in [4.78, 5) is 13.8. The van der Waals surface area contributed by atoms with Crippen molar-refractivity contribution in [1.82, 2.24) is 10.2 Å². The van der Waals surface area contributed by atoms with Gasteiger partial charge in [0.05, 0.1) is 5.56 Å². The summed E-state index contributed by atoms with van der Waals surface area (Å²) in [6.45, 7) is 3.96. The van der Waals surface area contributed by atoms with Crippen molar-refractivity contribution in [2.75, 3.05) is 19.6 Å². The first-order valence-corrected chi connectivity index (χ1v) is 5.62. The third kappa shape index (κ3) is 2.50. The molecule has 5 heteroatoms. The Morgan fingerprint density at radius 1 is 1.47 bits per heavy atom. The number of rotatable bonds is 1. The fraction of sp³-hybridized carbons (Fsp3) is 0.417. The van der Waals surface area contributed by atoms with Crippen LogP contribution in [-0.2, 0) is 0 Å². The SMILES string of the molecule is C[C@@H]1CN(C(=O)c2cc(O)ccc2O)CCN1.